The van der Waals surface area contributed by atoms with Gasteiger partial charge in [0.25, 0.3) is 11.5 Å². The van der Waals surface area contributed by atoms with Crippen molar-refractivity contribution in [3.8, 4) is 6.07 Å². The Bertz CT molecular complexity index is 1600. The minimum atomic E-state index is -2.94. The van der Waals surface area contributed by atoms with E-state index in [0.717, 1.165) is 32.2 Å². The molecule has 2 fully saturated rings. The summed E-state index contributed by atoms with van der Waals surface area (Å²) < 4.78 is 33.2. The molecule has 0 radical (unpaired) electrons. The quantitative estimate of drug-likeness (QED) is 0.155. The van der Waals surface area contributed by atoms with Gasteiger partial charge in [-0.15, -0.1) is 13.2 Å². The lowest BCUT2D eigenvalue weighted by Crippen LogP contribution is -2.39. The van der Waals surface area contributed by atoms with Crippen molar-refractivity contribution in [3.05, 3.63) is 89.0 Å². The molecular weight excluding hydrogens is 558 g/mol. The summed E-state index contributed by atoms with van der Waals surface area (Å²) in [5.74, 6) is -3.15. The Morgan fingerprint density at radius 1 is 1.16 bits per heavy atom. The van der Waals surface area contributed by atoms with Gasteiger partial charge in [0.2, 0.25) is 0 Å². The number of halogens is 2. The SMILES string of the molecule is C=CCCCCCn1c(=O)c(C2(C#N)CC2)cc2c(N[C@H](C)c3cccc(C(F)(F)C4CCN(CC=C)CC4)c3)ncnc21. The lowest BCUT2D eigenvalue weighted by Gasteiger charge is -2.35. The molecule has 44 heavy (non-hydrogen) atoms. The molecule has 5 rings (SSSR count). The monoisotopic (exact) mass is 600 g/mol. The number of nitrogens with zero attached hydrogens (tertiary/aromatic N) is 5. The molecule has 2 aromatic heterocycles. The summed E-state index contributed by atoms with van der Waals surface area (Å²) in [6, 6.07) is 10.4. The van der Waals surface area contributed by atoms with Crippen LogP contribution in [-0.4, -0.2) is 39.1 Å². The van der Waals surface area contributed by atoms with Gasteiger partial charge in [-0.2, -0.15) is 5.26 Å². The molecular formula is C35H42F2N6O. The van der Waals surface area contributed by atoms with Crippen molar-refractivity contribution >= 4 is 16.9 Å². The fraction of sp³-hybridized carbons (Fsp3) is 0.486. The van der Waals surface area contributed by atoms with E-state index < -0.39 is 17.3 Å². The first-order chi connectivity index (χ1) is 21.2. The summed E-state index contributed by atoms with van der Waals surface area (Å²) in [6.07, 6.45) is 10.9. The van der Waals surface area contributed by atoms with Crippen molar-refractivity contribution in [2.75, 3.05) is 25.0 Å². The lowest BCUT2D eigenvalue weighted by molar-refractivity contribution is -0.0847. The standard InChI is InChI=1S/C35H42F2N6O/c1-4-6-7-8-9-18-43-32-29(22-30(33(43)44)34(23-38)15-16-34)31(39-24-40-32)41-25(3)26-11-10-12-28(21-26)35(36,37)27-13-19-42(17-5-2)20-14-27/h4-5,10-12,21-22,24-25,27H,1-2,6-9,13-20H2,3H3,(H,39,40,41)/t25-/m1/s1. The van der Waals surface area contributed by atoms with E-state index in [1.165, 1.54) is 12.4 Å². The highest BCUT2D eigenvalue weighted by Crippen LogP contribution is 2.47. The molecule has 2 aliphatic rings. The number of aromatic nitrogens is 3. The van der Waals surface area contributed by atoms with Gasteiger partial charge in [-0.3, -0.25) is 14.3 Å². The van der Waals surface area contributed by atoms with Crippen LogP contribution in [0.15, 0.2) is 66.8 Å². The molecule has 3 heterocycles. The van der Waals surface area contributed by atoms with Crippen molar-refractivity contribution in [1.29, 1.82) is 5.26 Å². The van der Waals surface area contributed by atoms with Crippen LogP contribution in [-0.2, 0) is 17.9 Å². The van der Waals surface area contributed by atoms with Gasteiger partial charge in [0.1, 0.15) is 17.8 Å². The van der Waals surface area contributed by atoms with Crippen LogP contribution in [0.3, 0.4) is 0 Å². The summed E-state index contributed by atoms with van der Waals surface area (Å²) >= 11 is 0. The highest BCUT2D eigenvalue weighted by Gasteiger charge is 2.47. The van der Waals surface area contributed by atoms with Crippen LogP contribution in [0.5, 0.6) is 0 Å². The number of benzene rings is 1. The lowest BCUT2D eigenvalue weighted by atomic mass is 9.85. The average Bonchev–Trinajstić information content (AvgIpc) is 3.83. The number of rotatable bonds is 14. The van der Waals surface area contributed by atoms with Crippen molar-refractivity contribution < 1.29 is 8.78 Å². The predicted octanol–water partition coefficient (Wildman–Crippen LogP) is 7.26. The average molecular weight is 601 g/mol. The van der Waals surface area contributed by atoms with E-state index in [1.807, 2.05) is 25.1 Å². The summed E-state index contributed by atoms with van der Waals surface area (Å²) in [5.41, 5.74) is 0.758. The van der Waals surface area contributed by atoms with E-state index >= 15 is 8.78 Å². The molecule has 3 aromatic rings. The van der Waals surface area contributed by atoms with Crippen LogP contribution in [0.1, 0.15) is 81.0 Å². The maximum Gasteiger partial charge on any atom is 0.276 e. The molecule has 0 unspecified atom stereocenters. The summed E-state index contributed by atoms with van der Waals surface area (Å²) in [7, 11) is 0. The van der Waals surface area contributed by atoms with Crippen LogP contribution in [0.25, 0.3) is 11.0 Å². The zero-order valence-electron chi connectivity index (χ0n) is 25.6. The third kappa shape index (κ3) is 6.46. The number of allylic oxidation sites excluding steroid dienone is 1. The molecule has 1 aromatic carbocycles. The molecule has 1 N–H and O–H groups in total. The number of nitriles is 1. The summed E-state index contributed by atoms with van der Waals surface area (Å²) in [4.78, 5) is 24.8. The summed E-state index contributed by atoms with van der Waals surface area (Å²) in [5, 5.41) is 14.0. The Morgan fingerprint density at radius 3 is 2.61 bits per heavy atom. The minimum Gasteiger partial charge on any atom is -0.363 e. The van der Waals surface area contributed by atoms with Gasteiger partial charge in [0, 0.05) is 36.2 Å². The molecule has 7 nitrogen and oxygen atoms in total. The molecule has 9 heteroatoms. The Kier molecular flexibility index (Phi) is 9.59. The zero-order chi connectivity index (χ0) is 31.3. The van der Waals surface area contributed by atoms with Crippen molar-refractivity contribution in [2.45, 2.75) is 82.2 Å². The Labute approximate surface area is 258 Å². The molecule has 1 aliphatic heterocycles. The predicted molar refractivity (Wildman–Crippen MR) is 171 cm³/mol. The topological polar surface area (TPSA) is 86.8 Å². The number of hydrogen-bond donors (Lipinski definition) is 1. The highest BCUT2D eigenvalue weighted by atomic mass is 19.3. The number of anilines is 1. The van der Waals surface area contributed by atoms with Crippen LogP contribution in [0, 0.1) is 17.2 Å². The maximum atomic E-state index is 15.7. The molecule has 0 amide bonds. The number of alkyl halides is 2. The van der Waals surface area contributed by atoms with Gasteiger partial charge < -0.3 is 5.32 Å². The number of hydrogen-bond acceptors (Lipinski definition) is 6. The van der Waals surface area contributed by atoms with Crippen LogP contribution in [0.2, 0.25) is 0 Å². The van der Waals surface area contributed by atoms with Crippen LogP contribution >= 0.6 is 0 Å². The Balaban J connectivity index is 1.42. The van der Waals surface area contributed by atoms with Crippen molar-refractivity contribution in [1.82, 2.24) is 19.4 Å². The second-order valence-corrected chi connectivity index (χ2v) is 12.3. The molecule has 1 saturated carbocycles. The first kappa shape index (κ1) is 31.5. The largest absolute Gasteiger partial charge is 0.363 e. The van der Waals surface area contributed by atoms with Crippen molar-refractivity contribution in [2.24, 2.45) is 5.92 Å². The molecule has 0 spiro atoms. The highest BCUT2D eigenvalue weighted by molar-refractivity contribution is 5.87. The van der Waals surface area contributed by atoms with E-state index in [2.05, 4.69) is 39.4 Å². The molecule has 1 aliphatic carbocycles. The van der Waals surface area contributed by atoms with Gasteiger partial charge in [-0.1, -0.05) is 36.8 Å². The van der Waals surface area contributed by atoms with Gasteiger partial charge >= 0.3 is 0 Å². The number of fused-ring (bicyclic) bond motifs is 1. The minimum absolute atomic E-state index is 0.0237. The van der Waals surface area contributed by atoms with Gasteiger partial charge in [0.15, 0.2) is 0 Å². The van der Waals surface area contributed by atoms with E-state index in [0.29, 0.717) is 73.3 Å². The Hall–Kier alpha value is -3.90. The number of nitrogens with one attached hydrogen (secondary N) is 1. The van der Waals surface area contributed by atoms with Crippen molar-refractivity contribution in [3.63, 3.8) is 0 Å². The molecule has 232 valence electrons. The number of aryl methyl sites for hydroxylation is 1. The van der Waals surface area contributed by atoms with E-state index in [-0.39, 0.29) is 17.2 Å². The van der Waals surface area contributed by atoms with Gasteiger partial charge in [0.05, 0.1) is 16.9 Å². The van der Waals surface area contributed by atoms with Crippen LogP contribution < -0.4 is 10.9 Å². The maximum absolute atomic E-state index is 15.7. The van der Waals surface area contributed by atoms with E-state index in [4.69, 9.17) is 0 Å². The smallest absolute Gasteiger partial charge is 0.276 e. The summed E-state index contributed by atoms with van der Waals surface area (Å²) in [6.45, 7) is 11.9. The fourth-order valence-corrected chi connectivity index (χ4v) is 6.35. The number of likely N-dealkylation sites (tertiary alicyclic amines) is 1. The van der Waals surface area contributed by atoms with Gasteiger partial charge in [-0.05, 0) is 82.7 Å². The molecule has 1 saturated heterocycles. The number of piperidine rings is 1. The third-order valence-electron chi connectivity index (χ3n) is 9.26. The van der Waals surface area contributed by atoms with E-state index in [1.54, 1.807) is 22.8 Å². The molecule has 0 bridgehead atoms. The van der Waals surface area contributed by atoms with Gasteiger partial charge in [-0.25, -0.2) is 18.7 Å². The molecule has 1 atom stereocenters. The fourth-order valence-electron chi connectivity index (χ4n) is 6.35. The number of unbranched alkanes of at least 4 members (excludes halogenated alkanes) is 3. The zero-order valence-corrected chi connectivity index (χ0v) is 25.6. The number of pyridine rings is 1. The first-order valence-electron chi connectivity index (χ1n) is 15.7. The second kappa shape index (κ2) is 13.4. The third-order valence-corrected chi connectivity index (χ3v) is 9.26. The van der Waals surface area contributed by atoms with E-state index in [9.17, 15) is 10.1 Å². The first-order valence-corrected chi connectivity index (χ1v) is 15.7. The second-order valence-electron chi connectivity index (χ2n) is 12.3. The van der Waals surface area contributed by atoms with Crippen LogP contribution in [0.4, 0.5) is 14.6 Å². The Morgan fingerprint density at radius 2 is 1.93 bits per heavy atom. The normalized spacial score (nSPS) is 17.6.